The molecule has 0 radical (unpaired) electrons. The summed E-state index contributed by atoms with van der Waals surface area (Å²) < 4.78 is 5.57. The molecule has 2 aromatic carbocycles. The molecule has 2 N–H and O–H groups in total. The SMILES string of the molecule is CCC[C@@H](NC(=O)OCC1c2ccccc2-c2ccccc21)C(=O)N1CC(CC(=O)O)C1. The molecule has 0 saturated carbocycles. The average molecular weight is 437 g/mol. The van der Waals surface area contributed by atoms with Gasteiger partial charge in [-0.3, -0.25) is 9.59 Å². The first-order valence-corrected chi connectivity index (χ1v) is 11.1. The smallest absolute Gasteiger partial charge is 0.407 e. The van der Waals surface area contributed by atoms with Crippen molar-refractivity contribution in [1.29, 1.82) is 0 Å². The highest BCUT2D eigenvalue weighted by atomic mass is 16.5. The number of carboxylic acids is 1. The Morgan fingerprint density at radius 1 is 1.06 bits per heavy atom. The molecular weight excluding hydrogens is 408 g/mol. The Balaban J connectivity index is 1.35. The average Bonchev–Trinajstić information content (AvgIpc) is 3.07. The molecule has 1 aliphatic carbocycles. The fourth-order valence-corrected chi connectivity index (χ4v) is 4.67. The molecule has 1 fully saturated rings. The zero-order chi connectivity index (χ0) is 22.7. The van der Waals surface area contributed by atoms with Gasteiger partial charge in [0.05, 0.1) is 6.42 Å². The van der Waals surface area contributed by atoms with Crippen LogP contribution in [-0.2, 0) is 14.3 Å². The fraction of sp³-hybridized carbons (Fsp3) is 0.400. The number of rotatable bonds is 8. The standard InChI is InChI=1S/C25H28N2O5/c1-2-7-22(24(30)27-13-16(14-27)12-23(28)29)26-25(31)32-15-21-19-10-5-3-8-17(19)18-9-4-6-11-20(18)21/h3-6,8-11,16,21-22H,2,7,12-15H2,1H3,(H,26,31)(H,28,29)/t22-/m1/s1. The summed E-state index contributed by atoms with van der Waals surface area (Å²) in [6.07, 6.45) is 0.679. The van der Waals surface area contributed by atoms with E-state index < -0.39 is 18.1 Å². The summed E-state index contributed by atoms with van der Waals surface area (Å²) in [4.78, 5) is 37.8. The molecule has 2 amide bonds. The van der Waals surface area contributed by atoms with E-state index in [1.807, 2.05) is 31.2 Å². The monoisotopic (exact) mass is 436 g/mol. The van der Waals surface area contributed by atoms with Crippen molar-refractivity contribution in [3.8, 4) is 11.1 Å². The number of alkyl carbamates (subject to hydrolysis) is 1. The molecule has 7 heteroatoms. The number of hydrogen-bond donors (Lipinski definition) is 2. The second-order valence-corrected chi connectivity index (χ2v) is 8.52. The van der Waals surface area contributed by atoms with Gasteiger partial charge in [-0.05, 0) is 28.7 Å². The van der Waals surface area contributed by atoms with Gasteiger partial charge in [0.25, 0.3) is 0 Å². The summed E-state index contributed by atoms with van der Waals surface area (Å²) >= 11 is 0. The molecule has 0 spiro atoms. The van der Waals surface area contributed by atoms with Crippen LogP contribution in [0.2, 0.25) is 0 Å². The minimum absolute atomic E-state index is 0.0202. The van der Waals surface area contributed by atoms with Crippen molar-refractivity contribution in [1.82, 2.24) is 10.2 Å². The van der Waals surface area contributed by atoms with Crippen LogP contribution in [0.5, 0.6) is 0 Å². The van der Waals surface area contributed by atoms with Crippen molar-refractivity contribution in [2.45, 2.75) is 38.1 Å². The largest absolute Gasteiger partial charge is 0.481 e. The van der Waals surface area contributed by atoms with E-state index in [0.717, 1.165) is 28.7 Å². The maximum absolute atomic E-state index is 12.8. The van der Waals surface area contributed by atoms with Crippen LogP contribution in [0, 0.1) is 5.92 Å². The fourth-order valence-electron chi connectivity index (χ4n) is 4.67. The molecule has 1 atom stereocenters. The van der Waals surface area contributed by atoms with Crippen molar-refractivity contribution >= 4 is 18.0 Å². The van der Waals surface area contributed by atoms with Crippen molar-refractivity contribution in [2.75, 3.05) is 19.7 Å². The first-order valence-electron chi connectivity index (χ1n) is 11.1. The lowest BCUT2D eigenvalue weighted by Gasteiger charge is -2.40. The van der Waals surface area contributed by atoms with Gasteiger partial charge in [-0.2, -0.15) is 0 Å². The van der Waals surface area contributed by atoms with Crippen LogP contribution in [0.1, 0.15) is 43.2 Å². The molecule has 0 aromatic heterocycles. The number of carbonyl (C=O) groups is 3. The van der Waals surface area contributed by atoms with Gasteiger partial charge >= 0.3 is 12.1 Å². The number of amides is 2. The number of likely N-dealkylation sites (tertiary alicyclic amines) is 1. The van der Waals surface area contributed by atoms with Gasteiger partial charge in [0.1, 0.15) is 12.6 Å². The second-order valence-electron chi connectivity index (χ2n) is 8.52. The zero-order valence-corrected chi connectivity index (χ0v) is 18.1. The summed E-state index contributed by atoms with van der Waals surface area (Å²) in [5.41, 5.74) is 4.58. The maximum Gasteiger partial charge on any atom is 0.407 e. The Bertz CT molecular complexity index is 969. The third kappa shape index (κ3) is 4.47. The second kappa shape index (κ2) is 9.42. The molecule has 7 nitrogen and oxygen atoms in total. The first-order chi connectivity index (χ1) is 15.5. The number of nitrogens with zero attached hydrogens (tertiary/aromatic N) is 1. The zero-order valence-electron chi connectivity index (χ0n) is 18.1. The predicted octanol–water partition coefficient (Wildman–Crippen LogP) is 3.63. The van der Waals surface area contributed by atoms with Gasteiger partial charge in [0.15, 0.2) is 0 Å². The highest BCUT2D eigenvalue weighted by molar-refractivity contribution is 5.86. The summed E-state index contributed by atoms with van der Waals surface area (Å²) in [6, 6.07) is 15.6. The van der Waals surface area contributed by atoms with E-state index >= 15 is 0 Å². The molecule has 1 heterocycles. The normalized spacial score (nSPS) is 16.0. The van der Waals surface area contributed by atoms with Gasteiger partial charge in [-0.1, -0.05) is 61.9 Å². The van der Waals surface area contributed by atoms with Crippen LogP contribution < -0.4 is 5.32 Å². The number of hydrogen-bond acceptors (Lipinski definition) is 4. The molecule has 1 saturated heterocycles. The lowest BCUT2D eigenvalue weighted by atomic mass is 9.95. The molecule has 2 aromatic rings. The third-order valence-corrected chi connectivity index (χ3v) is 6.24. The Morgan fingerprint density at radius 2 is 1.66 bits per heavy atom. The van der Waals surface area contributed by atoms with Crippen LogP contribution in [0.3, 0.4) is 0 Å². The third-order valence-electron chi connectivity index (χ3n) is 6.24. The maximum atomic E-state index is 12.8. The van der Waals surface area contributed by atoms with E-state index in [1.54, 1.807) is 4.90 Å². The van der Waals surface area contributed by atoms with E-state index in [-0.39, 0.29) is 30.8 Å². The predicted molar refractivity (Wildman–Crippen MR) is 119 cm³/mol. The molecule has 1 aliphatic heterocycles. The Hall–Kier alpha value is -3.35. The van der Waals surface area contributed by atoms with Crippen molar-refractivity contribution in [3.63, 3.8) is 0 Å². The van der Waals surface area contributed by atoms with E-state index in [2.05, 4.69) is 29.6 Å². The summed E-state index contributed by atoms with van der Waals surface area (Å²) in [5, 5.41) is 11.6. The van der Waals surface area contributed by atoms with Gasteiger partial charge < -0.3 is 20.1 Å². The van der Waals surface area contributed by atoms with Crippen molar-refractivity contribution < 1.29 is 24.2 Å². The van der Waals surface area contributed by atoms with Gasteiger partial charge in [0.2, 0.25) is 5.91 Å². The highest BCUT2D eigenvalue weighted by Gasteiger charge is 2.36. The summed E-state index contributed by atoms with van der Waals surface area (Å²) in [6.45, 7) is 2.97. The van der Waals surface area contributed by atoms with Gasteiger partial charge in [0, 0.05) is 24.9 Å². The number of benzene rings is 2. The Kier molecular flexibility index (Phi) is 6.44. The number of ether oxygens (including phenoxy) is 1. The number of carbonyl (C=O) groups excluding carboxylic acids is 2. The molecular formula is C25H28N2O5. The highest BCUT2D eigenvalue weighted by Crippen LogP contribution is 2.44. The minimum Gasteiger partial charge on any atom is -0.481 e. The lowest BCUT2D eigenvalue weighted by molar-refractivity contribution is -0.146. The first kappa shape index (κ1) is 21.9. The van der Waals surface area contributed by atoms with Gasteiger partial charge in [-0.15, -0.1) is 0 Å². The molecule has 0 unspecified atom stereocenters. The van der Waals surface area contributed by atoms with Gasteiger partial charge in [-0.25, -0.2) is 4.79 Å². The van der Waals surface area contributed by atoms with Crippen LogP contribution in [0.25, 0.3) is 11.1 Å². The number of aliphatic carboxylic acids is 1. The Morgan fingerprint density at radius 3 is 2.22 bits per heavy atom. The van der Waals surface area contributed by atoms with Crippen molar-refractivity contribution in [3.05, 3.63) is 59.7 Å². The number of fused-ring (bicyclic) bond motifs is 3. The van der Waals surface area contributed by atoms with Crippen LogP contribution in [0.15, 0.2) is 48.5 Å². The lowest BCUT2D eigenvalue weighted by Crippen LogP contribution is -2.57. The van der Waals surface area contributed by atoms with E-state index in [9.17, 15) is 14.4 Å². The summed E-state index contributed by atoms with van der Waals surface area (Å²) in [7, 11) is 0. The van der Waals surface area contributed by atoms with E-state index in [4.69, 9.17) is 9.84 Å². The van der Waals surface area contributed by atoms with E-state index in [0.29, 0.717) is 19.5 Å². The molecule has 0 bridgehead atoms. The number of nitrogens with one attached hydrogen (secondary N) is 1. The Labute approximate surface area is 187 Å². The quantitative estimate of drug-likeness (QED) is 0.659. The molecule has 168 valence electrons. The number of carboxylic acid groups (broad SMARTS) is 1. The molecule has 4 rings (SSSR count). The van der Waals surface area contributed by atoms with E-state index in [1.165, 1.54) is 0 Å². The minimum atomic E-state index is -0.857. The van der Waals surface area contributed by atoms with Crippen LogP contribution in [0.4, 0.5) is 4.79 Å². The topological polar surface area (TPSA) is 95.9 Å². The van der Waals surface area contributed by atoms with Crippen molar-refractivity contribution in [2.24, 2.45) is 5.92 Å². The summed E-state index contributed by atoms with van der Waals surface area (Å²) in [5.74, 6) is -1.10. The van der Waals surface area contributed by atoms with Crippen LogP contribution in [-0.4, -0.2) is 53.7 Å². The molecule has 32 heavy (non-hydrogen) atoms. The van der Waals surface area contributed by atoms with Crippen LogP contribution >= 0.6 is 0 Å². The molecule has 2 aliphatic rings.